The average molecular weight is 339 g/mol. The van der Waals surface area contributed by atoms with Gasteiger partial charge in [-0.1, -0.05) is 57.2 Å². The summed E-state index contributed by atoms with van der Waals surface area (Å²) in [7, 11) is 0. The zero-order valence-electron chi connectivity index (χ0n) is 16.2. The molecule has 4 rings (SSSR count). The minimum atomic E-state index is 0.0830. The molecule has 0 spiro atoms. The van der Waals surface area contributed by atoms with Crippen molar-refractivity contribution >= 4 is 21.7 Å². The molecule has 1 heteroatoms. The predicted molar refractivity (Wildman–Crippen MR) is 113 cm³/mol. The van der Waals surface area contributed by atoms with Gasteiger partial charge >= 0.3 is 0 Å². The number of rotatable bonds is 1. The number of hydrogen-bond donors (Lipinski definition) is 0. The standard InChI is InChI=1S/C25H25N/c1-16-12-17(2)20-10-11-23(26-24(20)13-16)19-14-18-8-6-7-9-21(18)22(15-19)25(3,4)5/h6-15H,1-5H3. The number of nitrogens with zero attached hydrogens (tertiary/aromatic N) is 1. The van der Waals surface area contributed by atoms with Gasteiger partial charge in [-0.2, -0.15) is 0 Å². The Balaban J connectivity index is 1.98. The highest BCUT2D eigenvalue weighted by Gasteiger charge is 2.18. The summed E-state index contributed by atoms with van der Waals surface area (Å²) in [6.45, 7) is 11.1. The first-order chi connectivity index (χ1) is 12.3. The number of hydrogen-bond acceptors (Lipinski definition) is 1. The molecule has 0 saturated heterocycles. The number of pyridine rings is 1. The van der Waals surface area contributed by atoms with E-state index in [4.69, 9.17) is 4.98 Å². The Morgan fingerprint density at radius 1 is 0.769 bits per heavy atom. The van der Waals surface area contributed by atoms with E-state index in [9.17, 15) is 0 Å². The van der Waals surface area contributed by atoms with E-state index in [-0.39, 0.29) is 5.41 Å². The normalized spacial score (nSPS) is 12.0. The van der Waals surface area contributed by atoms with Crippen LogP contribution in [0.3, 0.4) is 0 Å². The van der Waals surface area contributed by atoms with E-state index in [1.165, 1.54) is 38.4 Å². The van der Waals surface area contributed by atoms with E-state index in [2.05, 4.69) is 95.3 Å². The lowest BCUT2D eigenvalue weighted by Gasteiger charge is -2.22. The van der Waals surface area contributed by atoms with Gasteiger partial charge in [-0.25, -0.2) is 4.98 Å². The smallest absolute Gasteiger partial charge is 0.0714 e. The SMILES string of the molecule is Cc1cc(C)c2ccc(-c3cc(C(C)(C)C)c4ccccc4c3)nc2c1. The van der Waals surface area contributed by atoms with Gasteiger partial charge in [-0.3, -0.25) is 0 Å². The van der Waals surface area contributed by atoms with Crippen molar-refractivity contribution in [2.45, 2.75) is 40.0 Å². The van der Waals surface area contributed by atoms with Crippen LogP contribution in [0.5, 0.6) is 0 Å². The van der Waals surface area contributed by atoms with Crippen molar-refractivity contribution in [3.05, 3.63) is 77.4 Å². The molecule has 1 nitrogen and oxygen atoms in total. The maximum absolute atomic E-state index is 5.00. The molecule has 3 aromatic carbocycles. The van der Waals surface area contributed by atoms with Crippen LogP contribution in [0.25, 0.3) is 32.9 Å². The molecule has 130 valence electrons. The van der Waals surface area contributed by atoms with Crippen LogP contribution in [-0.4, -0.2) is 4.98 Å². The maximum atomic E-state index is 5.00. The summed E-state index contributed by atoms with van der Waals surface area (Å²) in [6.07, 6.45) is 0. The average Bonchev–Trinajstić information content (AvgIpc) is 2.59. The Kier molecular flexibility index (Phi) is 3.84. The minimum Gasteiger partial charge on any atom is -0.248 e. The van der Waals surface area contributed by atoms with E-state index in [0.29, 0.717) is 0 Å². The lowest BCUT2D eigenvalue weighted by atomic mass is 9.82. The van der Waals surface area contributed by atoms with Crippen LogP contribution in [0.4, 0.5) is 0 Å². The van der Waals surface area contributed by atoms with Gasteiger partial charge in [0.25, 0.3) is 0 Å². The molecule has 1 heterocycles. The molecular formula is C25H25N. The minimum absolute atomic E-state index is 0.0830. The van der Waals surface area contributed by atoms with Crippen LogP contribution in [-0.2, 0) is 5.41 Å². The second-order valence-corrected chi connectivity index (χ2v) is 8.34. The second kappa shape index (κ2) is 5.95. The first kappa shape index (κ1) is 16.8. The van der Waals surface area contributed by atoms with Crippen LogP contribution in [0.15, 0.2) is 60.7 Å². The monoisotopic (exact) mass is 339 g/mol. The fraction of sp³-hybridized carbons (Fsp3) is 0.240. The molecule has 26 heavy (non-hydrogen) atoms. The molecular weight excluding hydrogens is 314 g/mol. The van der Waals surface area contributed by atoms with Crippen molar-refractivity contribution in [1.82, 2.24) is 4.98 Å². The van der Waals surface area contributed by atoms with Gasteiger partial charge in [0.1, 0.15) is 0 Å². The highest BCUT2D eigenvalue weighted by Crippen LogP contribution is 2.35. The third-order valence-corrected chi connectivity index (χ3v) is 5.12. The molecule has 0 unspecified atom stereocenters. The summed E-state index contributed by atoms with van der Waals surface area (Å²) in [4.78, 5) is 5.00. The summed E-state index contributed by atoms with van der Waals surface area (Å²) < 4.78 is 0. The highest BCUT2D eigenvalue weighted by molar-refractivity contribution is 5.92. The van der Waals surface area contributed by atoms with Gasteiger partial charge in [0.2, 0.25) is 0 Å². The van der Waals surface area contributed by atoms with Crippen molar-refractivity contribution in [2.75, 3.05) is 0 Å². The molecule has 0 atom stereocenters. The van der Waals surface area contributed by atoms with Crippen LogP contribution in [0.2, 0.25) is 0 Å². The zero-order valence-corrected chi connectivity index (χ0v) is 16.2. The van der Waals surface area contributed by atoms with Crippen LogP contribution >= 0.6 is 0 Å². The Labute approximate surface area is 155 Å². The summed E-state index contributed by atoms with van der Waals surface area (Å²) in [5, 5.41) is 3.84. The van der Waals surface area contributed by atoms with Crippen LogP contribution in [0.1, 0.15) is 37.5 Å². The lowest BCUT2D eigenvalue weighted by molar-refractivity contribution is 0.596. The molecule has 0 aliphatic heterocycles. The summed E-state index contributed by atoms with van der Waals surface area (Å²) in [5.41, 5.74) is 7.30. The van der Waals surface area contributed by atoms with Gasteiger partial charge < -0.3 is 0 Å². The Morgan fingerprint density at radius 2 is 1.54 bits per heavy atom. The van der Waals surface area contributed by atoms with E-state index in [1.807, 2.05) is 0 Å². The van der Waals surface area contributed by atoms with Gasteiger partial charge in [-0.15, -0.1) is 0 Å². The Hall–Kier alpha value is -2.67. The van der Waals surface area contributed by atoms with E-state index >= 15 is 0 Å². The predicted octanol–water partition coefficient (Wildman–Crippen LogP) is 6.97. The highest BCUT2D eigenvalue weighted by atomic mass is 14.7. The van der Waals surface area contributed by atoms with Gasteiger partial charge in [0.15, 0.2) is 0 Å². The Bertz CT molecular complexity index is 1130. The van der Waals surface area contributed by atoms with Crippen molar-refractivity contribution in [3.8, 4) is 11.3 Å². The molecule has 0 saturated carbocycles. The van der Waals surface area contributed by atoms with Gasteiger partial charge in [0.05, 0.1) is 11.2 Å². The molecule has 4 aromatic rings. The molecule has 0 amide bonds. The molecule has 0 radical (unpaired) electrons. The van der Waals surface area contributed by atoms with Crippen LogP contribution in [0, 0.1) is 13.8 Å². The fourth-order valence-corrected chi connectivity index (χ4v) is 3.83. The number of benzene rings is 3. The fourth-order valence-electron chi connectivity index (χ4n) is 3.83. The summed E-state index contributed by atoms with van der Waals surface area (Å²) >= 11 is 0. The lowest BCUT2D eigenvalue weighted by Crippen LogP contribution is -2.12. The third kappa shape index (κ3) is 2.88. The number of aryl methyl sites for hydroxylation is 2. The Morgan fingerprint density at radius 3 is 2.31 bits per heavy atom. The van der Waals surface area contributed by atoms with Crippen molar-refractivity contribution < 1.29 is 0 Å². The first-order valence-corrected chi connectivity index (χ1v) is 9.24. The maximum Gasteiger partial charge on any atom is 0.0714 e. The molecule has 0 N–H and O–H groups in total. The summed E-state index contributed by atoms with van der Waals surface area (Å²) in [5.74, 6) is 0. The van der Waals surface area contributed by atoms with Gasteiger partial charge in [0, 0.05) is 10.9 Å². The molecule has 0 bridgehead atoms. The largest absolute Gasteiger partial charge is 0.248 e. The number of aromatic nitrogens is 1. The summed E-state index contributed by atoms with van der Waals surface area (Å²) in [6, 6.07) is 22.0. The molecule has 0 fully saturated rings. The first-order valence-electron chi connectivity index (χ1n) is 9.24. The second-order valence-electron chi connectivity index (χ2n) is 8.34. The van der Waals surface area contributed by atoms with E-state index < -0.39 is 0 Å². The van der Waals surface area contributed by atoms with Crippen molar-refractivity contribution in [1.29, 1.82) is 0 Å². The number of fused-ring (bicyclic) bond motifs is 2. The van der Waals surface area contributed by atoms with Crippen molar-refractivity contribution in [3.63, 3.8) is 0 Å². The zero-order chi connectivity index (χ0) is 18.5. The topological polar surface area (TPSA) is 12.9 Å². The van der Waals surface area contributed by atoms with E-state index in [0.717, 1.165) is 11.2 Å². The molecule has 0 aliphatic rings. The van der Waals surface area contributed by atoms with Crippen LogP contribution < -0.4 is 0 Å². The molecule has 1 aromatic heterocycles. The van der Waals surface area contributed by atoms with E-state index in [1.54, 1.807) is 0 Å². The quantitative estimate of drug-likeness (QED) is 0.365. The van der Waals surface area contributed by atoms with Gasteiger partial charge in [-0.05, 0) is 71.0 Å². The third-order valence-electron chi connectivity index (χ3n) is 5.12. The molecule has 0 aliphatic carbocycles. The van der Waals surface area contributed by atoms with Crippen molar-refractivity contribution in [2.24, 2.45) is 0 Å².